The zero-order valence-electron chi connectivity index (χ0n) is 23.6. The Morgan fingerprint density at radius 3 is 1.65 bits per heavy atom. The Labute approximate surface area is 247 Å². The SMILES string of the molecule is CN[C@H]1C[C@@H](N)[C@H](O)[C@@H](O[C@@H]2O[C@H](CO)[C@@H](O[C@H]3O[C@@H](CN)[C@@H](O)[C@H](O)[C@H]3N)[C@H]2O)[C@@H]1O[C@H]1O[C@H](CO)[C@@H](O)[C@H](O)[C@H]1N. The number of nitrogens with one attached hydrogen (secondary N) is 1. The Kier molecular flexibility index (Phi) is 12.1. The van der Waals surface area contributed by atoms with Crippen LogP contribution in [0.3, 0.4) is 0 Å². The van der Waals surface area contributed by atoms with Crippen molar-refractivity contribution in [3.8, 4) is 0 Å². The molecule has 0 spiro atoms. The lowest BCUT2D eigenvalue weighted by atomic mass is 9.83. The first-order valence-electron chi connectivity index (χ1n) is 14.2. The van der Waals surface area contributed by atoms with Crippen LogP contribution in [0.2, 0.25) is 0 Å². The third-order valence-electron chi connectivity index (χ3n) is 8.65. The minimum absolute atomic E-state index is 0.166. The second kappa shape index (κ2) is 14.8. The number of hydrogen-bond donors (Lipinski definition) is 13. The fourth-order valence-electron chi connectivity index (χ4n) is 5.94. The van der Waals surface area contributed by atoms with Gasteiger partial charge in [-0.1, -0.05) is 0 Å². The molecular weight excluding hydrogens is 582 g/mol. The molecule has 3 heterocycles. The molecule has 19 heteroatoms. The molecule has 4 fully saturated rings. The second-order valence-corrected chi connectivity index (χ2v) is 11.4. The maximum Gasteiger partial charge on any atom is 0.187 e. The van der Waals surface area contributed by atoms with Crippen LogP contribution in [-0.2, 0) is 28.4 Å². The Morgan fingerprint density at radius 2 is 1.12 bits per heavy atom. The topological polar surface area (TPSA) is 333 Å². The van der Waals surface area contributed by atoms with E-state index < -0.39 is 129 Å². The summed E-state index contributed by atoms with van der Waals surface area (Å²) in [5.74, 6) is 0. The number of likely N-dealkylation sites (N-methyl/N-ethyl adjacent to an activating group) is 1. The van der Waals surface area contributed by atoms with Crippen LogP contribution < -0.4 is 28.3 Å². The van der Waals surface area contributed by atoms with Crippen molar-refractivity contribution in [2.45, 2.75) is 123 Å². The van der Waals surface area contributed by atoms with Crippen LogP contribution >= 0.6 is 0 Å². The molecule has 1 saturated carbocycles. The van der Waals surface area contributed by atoms with Crippen molar-refractivity contribution in [3.63, 3.8) is 0 Å². The van der Waals surface area contributed by atoms with Gasteiger partial charge in [0.05, 0.1) is 31.4 Å². The van der Waals surface area contributed by atoms with Gasteiger partial charge in [-0.2, -0.15) is 0 Å². The first kappa shape index (κ1) is 35.1. The van der Waals surface area contributed by atoms with Crippen molar-refractivity contribution >= 4 is 0 Å². The summed E-state index contributed by atoms with van der Waals surface area (Å²) in [7, 11) is 1.61. The molecule has 0 amide bonds. The van der Waals surface area contributed by atoms with Crippen molar-refractivity contribution in [2.24, 2.45) is 22.9 Å². The summed E-state index contributed by atoms with van der Waals surface area (Å²) >= 11 is 0. The normalized spacial score (nSPS) is 52.8. The van der Waals surface area contributed by atoms with E-state index in [9.17, 15) is 40.9 Å². The Morgan fingerprint density at radius 1 is 0.628 bits per heavy atom. The predicted molar refractivity (Wildman–Crippen MR) is 141 cm³/mol. The number of aliphatic hydroxyl groups is 8. The zero-order valence-corrected chi connectivity index (χ0v) is 23.6. The quantitative estimate of drug-likeness (QED) is 0.107. The molecule has 0 bridgehead atoms. The highest BCUT2D eigenvalue weighted by atomic mass is 16.8. The molecule has 4 aliphatic rings. The van der Waals surface area contributed by atoms with E-state index in [-0.39, 0.29) is 13.0 Å². The number of nitrogens with two attached hydrogens (primary N) is 4. The van der Waals surface area contributed by atoms with Crippen LogP contribution in [0.1, 0.15) is 6.42 Å². The summed E-state index contributed by atoms with van der Waals surface area (Å²) in [6.45, 7) is -1.45. The smallest absolute Gasteiger partial charge is 0.187 e. The molecule has 0 aromatic rings. The van der Waals surface area contributed by atoms with Gasteiger partial charge in [-0.25, -0.2) is 0 Å². The van der Waals surface area contributed by atoms with Crippen LogP contribution in [0.25, 0.3) is 0 Å². The summed E-state index contributed by atoms with van der Waals surface area (Å²) in [5.41, 5.74) is 23.8. The fraction of sp³-hybridized carbons (Fsp3) is 1.00. The molecule has 0 unspecified atom stereocenters. The van der Waals surface area contributed by atoms with Crippen LogP contribution in [0, 0.1) is 0 Å². The Balaban J connectivity index is 1.52. The summed E-state index contributed by atoms with van der Waals surface area (Å²) < 4.78 is 34.8. The van der Waals surface area contributed by atoms with Gasteiger partial charge in [0.15, 0.2) is 18.9 Å². The van der Waals surface area contributed by atoms with Crippen LogP contribution in [-0.4, -0.2) is 184 Å². The van der Waals surface area contributed by atoms with Gasteiger partial charge in [-0.15, -0.1) is 0 Å². The first-order chi connectivity index (χ1) is 20.4. The maximum absolute atomic E-state index is 11.2. The highest BCUT2D eigenvalue weighted by Crippen LogP contribution is 2.34. The number of hydrogen-bond acceptors (Lipinski definition) is 19. The van der Waals surface area contributed by atoms with Crippen LogP contribution in [0.5, 0.6) is 0 Å². The van der Waals surface area contributed by atoms with Crippen molar-refractivity contribution < 1.29 is 69.3 Å². The van der Waals surface area contributed by atoms with Gasteiger partial charge in [0.25, 0.3) is 0 Å². The molecule has 0 radical (unpaired) electrons. The van der Waals surface area contributed by atoms with Crippen LogP contribution in [0.4, 0.5) is 0 Å². The largest absolute Gasteiger partial charge is 0.394 e. The van der Waals surface area contributed by atoms with E-state index in [1.54, 1.807) is 7.05 Å². The van der Waals surface area contributed by atoms with Crippen molar-refractivity contribution in [2.75, 3.05) is 26.8 Å². The molecule has 252 valence electrons. The van der Waals surface area contributed by atoms with Gasteiger partial charge in [-0.05, 0) is 13.5 Å². The second-order valence-electron chi connectivity index (χ2n) is 11.4. The van der Waals surface area contributed by atoms with E-state index in [1.165, 1.54) is 0 Å². The molecule has 1 aliphatic carbocycles. The van der Waals surface area contributed by atoms with Crippen molar-refractivity contribution in [1.29, 1.82) is 0 Å². The number of ether oxygens (including phenoxy) is 6. The maximum atomic E-state index is 11.2. The lowest BCUT2D eigenvalue weighted by molar-refractivity contribution is -0.311. The third kappa shape index (κ3) is 7.00. The van der Waals surface area contributed by atoms with Gasteiger partial charge in [-0.3, -0.25) is 0 Å². The van der Waals surface area contributed by atoms with Gasteiger partial charge < -0.3 is 97.5 Å². The number of aliphatic hydroxyl groups excluding tert-OH is 8. The van der Waals surface area contributed by atoms with Crippen molar-refractivity contribution in [3.05, 3.63) is 0 Å². The molecule has 19 nitrogen and oxygen atoms in total. The van der Waals surface area contributed by atoms with E-state index in [0.717, 1.165) is 0 Å². The van der Waals surface area contributed by atoms with Crippen molar-refractivity contribution in [1.82, 2.24) is 5.32 Å². The average molecular weight is 630 g/mol. The van der Waals surface area contributed by atoms with E-state index in [2.05, 4.69) is 5.32 Å². The molecule has 0 aromatic carbocycles. The molecule has 43 heavy (non-hydrogen) atoms. The summed E-state index contributed by atoms with van der Waals surface area (Å²) in [5, 5.41) is 85.8. The molecule has 3 saturated heterocycles. The fourth-order valence-corrected chi connectivity index (χ4v) is 5.94. The first-order valence-corrected chi connectivity index (χ1v) is 14.2. The molecular formula is C24H47N5O14. The molecule has 19 atom stereocenters. The monoisotopic (exact) mass is 629 g/mol. The highest BCUT2D eigenvalue weighted by Gasteiger charge is 2.54. The zero-order chi connectivity index (χ0) is 31.7. The lowest BCUT2D eigenvalue weighted by Crippen LogP contribution is -2.68. The highest BCUT2D eigenvalue weighted by molar-refractivity contribution is 5.02. The standard InChI is InChI=1S/C24H47N5O14/c1-29-7-2-6(26)13(32)21(19(7)41-23-12(28)17(36)15(34)9(4-30)39-23)43-24-18(37)20(10(5-31)40-24)42-22-11(27)16(35)14(33)8(3-25)38-22/h6-24,29-37H,2-5,25-28H2,1H3/t6-,7+,8+,9-,10-,11-,12-,13+,14-,15-,16-,17-,18-,19-,20-,21-,22-,23-,24+/m1/s1. The Bertz CT molecular complexity index is 882. The van der Waals surface area contributed by atoms with E-state index in [4.69, 9.17) is 51.4 Å². The minimum atomic E-state index is -1.60. The minimum Gasteiger partial charge on any atom is -0.394 e. The molecule has 3 aliphatic heterocycles. The lowest BCUT2D eigenvalue weighted by Gasteiger charge is -2.48. The predicted octanol–water partition coefficient (Wildman–Crippen LogP) is -8.60. The summed E-state index contributed by atoms with van der Waals surface area (Å²) in [4.78, 5) is 0. The van der Waals surface area contributed by atoms with Crippen LogP contribution in [0.15, 0.2) is 0 Å². The molecule has 17 N–H and O–H groups in total. The van der Waals surface area contributed by atoms with Gasteiger partial charge in [0.2, 0.25) is 0 Å². The summed E-state index contributed by atoms with van der Waals surface area (Å²) in [6.07, 6.45) is -19.9. The number of rotatable bonds is 10. The van der Waals surface area contributed by atoms with E-state index >= 15 is 0 Å². The van der Waals surface area contributed by atoms with Gasteiger partial charge >= 0.3 is 0 Å². The van der Waals surface area contributed by atoms with Gasteiger partial charge in [0, 0.05) is 18.6 Å². The third-order valence-corrected chi connectivity index (χ3v) is 8.65. The molecule has 4 rings (SSSR count). The van der Waals surface area contributed by atoms with E-state index in [0.29, 0.717) is 0 Å². The van der Waals surface area contributed by atoms with Gasteiger partial charge in [0.1, 0.15) is 67.1 Å². The van der Waals surface area contributed by atoms with E-state index in [1.807, 2.05) is 0 Å². The average Bonchev–Trinajstić information content (AvgIpc) is 3.30. The summed E-state index contributed by atoms with van der Waals surface area (Å²) in [6, 6.07) is -3.90. The molecule has 0 aromatic heterocycles. The Hall–Kier alpha value is -0.760.